The van der Waals surface area contributed by atoms with E-state index in [1.165, 1.54) is 24.3 Å². The van der Waals surface area contributed by atoms with Gasteiger partial charge < -0.3 is 0 Å². The van der Waals surface area contributed by atoms with Crippen LogP contribution in [0.2, 0.25) is 0 Å². The molecule has 0 spiro atoms. The summed E-state index contributed by atoms with van der Waals surface area (Å²) < 4.78 is 49.5. The van der Waals surface area contributed by atoms with Gasteiger partial charge in [-0.25, -0.2) is 21.6 Å². The van der Waals surface area contributed by atoms with Crippen molar-refractivity contribution in [1.82, 2.24) is 4.72 Å². The Kier molecular flexibility index (Phi) is 5.11. The normalized spacial score (nSPS) is 12.5. The molecule has 0 unspecified atom stereocenters. The maximum absolute atomic E-state index is 12.1. The highest BCUT2D eigenvalue weighted by Crippen LogP contribution is 2.25. The molecule has 1 aromatic carbocycles. The van der Waals surface area contributed by atoms with Crippen molar-refractivity contribution in [2.24, 2.45) is 0 Å². The Labute approximate surface area is 139 Å². The van der Waals surface area contributed by atoms with Crippen molar-refractivity contribution < 1.29 is 16.8 Å². The molecule has 0 fully saturated rings. The Morgan fingerprint density at radius 3 is 2.43 bits per heavy atom. The molecule has 0 saturated carbocycles. The van der Waals surface area contributed by atoms with Crippen LogP contribution in [0.4, 0.5) is 0 Å². The van der Waals surface area contributed by atoms with Crippen molar-refractivity contribution >= 4 is 57.0 Å². The number of hydrogen-bond donors (Lipinski definition) is 1. The fraction of sp³-hybridized carbons (Fsp3) is 0.0909. The predicted molar refractivity (Wildman–Crippen MR) is 85.5 cm³/mol. The van der Waals surface area contributed by atoms with Gasteiger partial charge in [-0.3, -0.25) is 0 Å². The number of thiophene rings is 1. The van der Waals surface area contributed by atoms with E-state index in [-0.39, 0.29) is 15.6 Å². The van der Waals surface area contributed by atoms with Crippen LogP contribution in [0.1, 0.15) is 4.88 Å². The first-order valence-corrected chi connectivity index (χ1v) is 10.9. The average molecular weight is 431 g/mol. The van der Waals surface area contributed by atoms with E-state index in [2.05, 4.69) is 20.7 Å². The van der Waals surface area contributed by atoms with E-state index in [9.17, 15) is 16.8 Å². The van der Waals surface area contributed by atoms with Crippen molar-refractivity contribution in [3.63, 3.8) is 0 Å². The second kappa shape index (κ2) is 6.35. The third-order valence-electron chi connectivity index (χ3n) is 2.42. The molecule has 1 N–H and O–H groups in total. The smallest absolute Gasteiger partial charge is 0.207 e. The number of sulfonamides is 1. The monoisotopic (exact) mass is 429 g/mol. The molecular weight excluding hydrogens is 422 g/mol. The summed E-state index contributed by atoms with van der Waals surface area (Å²) in [7, 11) is -2.24. The van der Waals surface area contributed by atoms with Crippen molar-refractivity contribution in [2.45, 2.75) is 15.6 Å². The molecule has 1 heterocycles. The van der Waals surface area contributed by atoms with Crippen LogP contribution >= 0.6 is 37.9 Å². The summed E-state index contributed by atoms with van der Waals surface area (Å²) in [5.74, 6) is 0. The molecule has 2 aromatic rings. The van der Waals surface area contributed by atoms with Gasteiger partial charge >= 0.3 is 0 Å². The second-order valence-electron chi connectivity index (χ2n) is 3.94. The van der Waals surface area contributed by atoms with Gasteiger partial charge in [0.25, 0.3) is 9.05 Å². The molecule has 5 nitrogen and oxygen atoms in total. The van der Waals surface area contributed by atoms with E-state index in [4.69, 9.17) is 10.7 Å². The third kappa shape index (κ3) is 4.51. The SMILES string of the molecule is O=S(=O)(Cl)c1ccc(CNS(=O)(=O)c2cccc(Br)c2)s1. The number of halogens is 2. The zero-order valence-electron chi connectivity index (χ0n) is 10.3. The Morgan fingerprint density at radius 2 is 1.86 bits per heavy atom. The lowest BCUT2D eigenvalue weighted by Crippen LogP contribution is -2.22. The number of hydrogen-bond acceptors (Lipinski definition) is 5. The highest BCUT2D eigenvalue weighted by Gasteiger charge is 2.16. The molecule has 21 heavy (non-hydrogen) atoms. The molecule has 1 aromatic heterocycles. The lowest BCUT2D eigenvalue weighted by atomic mass is 10.4. The van der Waals surface area contributed by atoms with Crippen LogP contribution in [0.25, 0.3) is 0 Å². The van der Waals surface area contributed by atoms with Gasteiger partial charge in [0.05, 0.1) is 4.90 Å². The van der Waals surface area contributed by atoms with E-state index in [1.807, 2.05) is 0 Å². The summed E-state index contributed by atoms with van der Waals surface area (Å²) in [6.07, 6.45) is 0. The Morgan fingerprint density at radius 1 is 1.14 bits per heavy atom. The van der Waals surface area contributed by atoms with Crippen LogP contribution in [-0.4, -0.2) is 16.8 Å². The van der Waals surface area contributed by atoms with Crippen molar-refractivity contribution in [1.29, 1.82) is 0 Å². The molecule has 0 aliphatic rings. The van der Waals surface area contributed by atoms with Gasteiger partial charge in [0.2, 0.25) is 10.0 Å². The molecule has 2 rings (SSSR count). The molecule has 0 bridgehead atoms. The average Bonchev–Trinajstić information content (AvgIpc) is 2.85. The lowest BCUT2D eigenvalue weighted by molar-refractivity contribution is 0.581. The lowest BCUT2D eigenvalue weighted by Gasteiger charge is -2.05. The minimum absolute atomic E-state index is 0.00801. The number of rotatable bonds is 5. The summed E-state index contributed by atoms with van der Waals surface area (Å²) in [5, 5.41) is 0. The molecule has 114 valence electrons. The first kappa shape index (κ1) is 16.9. The van der Waals surface area contributed by atoms with Gasteiger partial charge in [0.1, 0.15) is 4.21 Å². The first-order chi connectivity index (χ1) is 9.68. The largest absolute Gasteiger partial charge is 0.270 e. The quantitative estimate of drug-likeness (QED) is 0.740. The summed E-state index contributed by atoms with van der Waals surface area (Å²) in [6, 6.07) is 9.14. The molecular formula is C11H9BrClNO4S3. The van der Waals surface area contributed by atoms with Gasteiger partial charge in [-0.1, -0.05) is 22.0 Å². The molecule has 0 atom stereocenters. The predicted octanol–water partition coefficient (Wildman–Crippen LogP) is 2.92. The second-order valence-corrected chi connectivity index (χ2v) is 10.6. The Balaban J connectivity index is 2.14. The maximum atomic E-state index is 12.1. The number of nitrogens with one attached hydrogen (secondary N) is 1. The van der Waals surface area contributed by atoms with Crippen molar-refractivity contribution in [2.75, 3.05) is 0 Å². The minimum Gasteiger partial charge on any atom is -0.207 e. The fourth-order valence-corrected chi connectivity index (χ4v) is 5.22. The van der Waals surface area contributed by atoms with Crippen molar-refractivity contribution in [3.05, 3.63) is 45.7 Å². The zero-order chi connectivity index (χ0) is 15.7. The first-order valence-electron chi connectivity index (χ1n) is 5.47. The summed E-state index contributed by atoms with van der Waals surface area (Å²) in [4.78, 5) is 0.673. The fourth-order valence-electron chi connectivity index (χ4n) is 1.47. The third-order valence-corrected chi connectivity index (χ3v) is 7.49. The van der Waals surface area contributed by atoms with Crippen LogP contribution < -0.4 is 4.72 Å². The topological polar surface area (TPSA) is 80.3 Å². The van der Waals surface area contributed by atoms with Crippen LogP contribution in [0.15, 0.2) is 50.0 Å². The van der Waals surface area contributed by atoms with Gasteiger partial charge in [0.15, 0.2) is 0 Å². The van der Waals surface area contributed by atoms with Crippen LogP contribution in [-0.2, 0) is 25.6 Å². The summed E-state index contributed by atoms with van der Waals surface area (Å²) >= 11 is 4.13. The van der Waals surface area contributed by atoms with Gasteiger partial charge in [0, 0.05) is 26.6 Å². The molecule has 0 aliphatic carbocycles. The van der Waals surface area contributed by atoms with Gasteiger partial charge in [-0.2, -0.15) is 0 Å². The van der Waals surface area contributed by atoms with E-state index < -0.39 is 19.1 Å². The van der Waals surface area contributed by atoms with Crippen LogP contribution in [0.5, 0.6) is 0 Å². The number of benzene rings is 1. The molecule has 10 heteroatoms. The van der Waals surface area contributed by atoms with E-state index in [0.717, 1.165) is 11.3 Å². The van der Waals surface area contributed by atoms with E-state index in [0.29, 0.717) is 9.35 Å². The molecule has 0 amide bonds. The Bertz CT molecular complexity index is 861. The van der Waals surface area contributed by atoms with Gasteiger partial charge in [-0.15, -0.1) is 11.3 Å². The van der Waals surface area contributed by atoms with Gasteiger partial charge in [-0.05, 0) is 30.3 Å². The molecule has 0 radical (unpaired) electrons. The van der Waals surface area contributed by atoms with Crippen LogP contribution in [0.3, 0.4) is 0 Å². The molecule has 0 saturated heterocycles. The van der Waals surface area contributed by atoms with E-state index in [1.54, 1.807) is 12.1 Å². The minimum atomic E-state index is -3.79. The zero-order valence-corrected chi connectivity index (χ0v) is 15.1. The summed E-state index contributed by atoms with van der Waals surface area (Å²) in [5.41, 5.74) is 0. The Hall–Kier alpha value is -0.450. The summed E-state index contributed by atoms with van der Waals surface area (Å²) in [6.45, 7) is -0.00801. The molecule has 0 aliphatic heterocycles. The maximum Gasteiger partial charge on any atom is 0.270 e. The van der Waals surface area contributed by atoms with Crippen LogP contribution in [0, 0.1) is 0 Å². The van der Waals surface area contributed by atoms with Crippen molar-refractivity contribution in [3.8, 4) is 0 Å². The van der Waals surface area contributed by atoms with E-state index >= 15 is 0 Å². The highest BCUT2D eigenvalue weighted by molar-refractivity contribution is 9.10. The highest BCUT2D eigenvalue weighted by atomic mass is 79.9. The standard InChI is InChI=1S/C11H9BrClNO4S3/c12-8-2-1-3-10(6-8)21(17,18)14-7-9-4-5-11(19-9)20(13,15)16/h1-6,14H,7H2.